The molecule has 0 aromatic heterocycles. The fraction of sp³-hybridized carbons (Fsp3) is 0.375. The van der Waals surface area contributed by atoms with Gasteiger partial charge >= 0.3 is 0 Å². The molecule has 1 amide bonds. The van der Waals surface area contributed by atoms with Gasteiger partial charge in [-0.1, -0.05) is 0 Å². The van der Waals surface area contributed by atoms with Crippen molar-refractivity contribution in [2.24, 2.45) is 0 Å². The van der Waals surface area contributed by atoms with Crippen molar-refractivity contribution in [3.8, 4) is 0 Å². The molecular weight excluding hydrogens is 140 g/mol. The van der Waals surface area contributed by atoms with Crippen LogP contribution < -0.4 is 10.6 Å². The summed E-state index contributed by atoms with van der Waals surface area (Å²) in [5.41, 5.74) is 2.05. The van der Waals surface area contributed by atoms with E-state index >= 15 is 0 Å². The van der Waals surface area contributed by atoms with E-state index in [-0.39, 0.29) is 5.91 Å². The number of allylic oxidation sites excluding steroid dienone is 1. The van der Waals surface area contributed by atoms with Gasteiger partial charge in [-0.15, -0.1) is 0 Å². The van der Waals surface area contributed by atoms with Gasteiger partial charge < -0.3 is 10.6 Å². The molecule has 2 aliphatic rings. The second-order valence-electron chi connectivity index (χ2n) is 2.90. The first-order chi connectivity index (χ1) is 5.27. The second kappa shape index (κ2) is 2.12. The van der Waals surface area contributed by atoms with Crippen LogP contribution in [0.3, 0.4) is 0 Å². The van der Waals surface area contributed by atoms with Crippen LogP contribution in [0, 0.1) is 0 Å². The zero-order valence-corrected chi connectivity index (χ0v) is 6.40. The molecule has 0 atom stereocenters. The number of amides is 1. The molecule has 3 nitrogen and oxygen atoms in total. The Kier molecular flexibility index (Phi) is 1.24. The van der Waals surface area contributed by atoms with Gasteiger partial charge in [0.05, 0.1) is 0 Å². The summed E-state index contributed by atoms with van der Waals surface area (Å²) in [5, 5.41) is 5.84. The molecule has 1 heterocycles. The van der Waals surface area contributed by atoms with Crippen LogP contribution in [0.5, 0.6) is 0 Å². The SMILES string of the molecule is CC1=CNC(=C2CC2)NC1=O. The quantitative estimate of drug-likeness (QED) is 0.531. The Bertz CT molecular complexity index is 270. The Balaban J connectivity index is 2.23. The minimum atomic E-state index is 0.0122. The third-order valence-electron chi connectivity index (χ3n) is 1.88. The maximum Gasteiger partial charge on any atom is 0.253 e. The third kappa shape index (κ3) is 1.13. The minimum Gasteiger partial charge on any atom is -0.348 e. The lowest BCUT2D eigenvalue weighted by Crippen LogP contribution is -2.34. The predicted octanol–water partition coefficient (Wildman–Crippen LogP) is 0.615. The summed E-state index contributed by atoms with van der Waals surface area (Å²) in [7, 11) is 0. The lowest BCUT2D eigenvalue weighted by Gasteiger charge is -2.15. The number of hydrogen-bond acceptors (Lipinski definition) is 2. The summed E-state index contributed by atoms with van der Waals surface area (Å²) >= 11 is 0. The van der Waals surface area contributed by atoms with Crippen molar-refractivity contribution in [2.45, 2.75) is 19.8 Å². The van der Waals surface area contributed by atoms with Gasteiger partial charge in [0.15, 0.2) is 0 Å². The van der Waals surface area contributed by atoms with Crippen molar-refractivity contribution in [3.05, 3.63) is 23.2 Å². The smallest absolute Gasteiger partial charge is 0.253 e. The third-order valence-corrected chi connectivity index (χ3v) is 1.88. The molecule has 0 radical (unpaired) electrons. The van der Waals surface area contributed by atoms with E-state index in [9.17, 15) is 4.79 Å². The van der Waals surface area contributed by atoms with Crippen LogP contribution in [0.25, 0.3) is 0 Å². The number of carbonyl (C=O) groups excluding carboxylic acids is 1. The lowest BCUT2D eigenvalue weighted by molar-refractivity contribution is -0.117. The van der Waals surface area contributed by atoms with E-state index in [0.29, 0.717) is 0 Å². The van der Waals surface area contributed by atoms with Gasteiger partial charge in [0.2, 0.25) is 0 Å². The van der Waals surface area contributed by atoms with Crippen LogP contribution in [0.4, 0.5) is 0 Å². The first-order valence-electron chi connectivity index (χ1n) is 3.74. The number of rotatable bonds is 0. The van der Waals surface area contributed by atoms with Gasteiger partial charge in [-0.05, 0) is 25.3 Å². The number of nitrogens with one attached hydrogen (secondary N) is 2. The van der Waals surface area contributed by atoms with Gasteiger partial charge in [-0.25, -0.2) is 0 Å². The van der Waals surface area contributed by atoms with E-state index in [4.69, 9.17) is 0 Å². The summed E-state index contributed by atoms with van der Waals surface area (Å²) in [6, 6.07) is 0. The van der Waals surface area contributed by atoms with Crippen LogP contribution >= 0.6 is 0 Å². The van der Waals surface area contributed by atoms with Crippen LogP contribution in [-0.4, -0.2) is 5.91 Å². The highest BCUT2D eigenvalue weighted by Crippen LogP contribution is 2.30. The monoisotopic (exact) mass is 150 g/mol. The molecule has 2 N–H and O–H groups in total. The van der Waals surface area contributed by atoms with E-state index in [0.717, 1.165) is 24.2 Å². The Morgan fingerprint density at radius 2 is 2.18 bits per heavy atom. The predicted molar refractivity (Wildman–Crippen MR) is 41.3 cm³/mol. The second-order valence-corrected chi connectivity index (χ2v) is 2.90. The molecule has 0 saturated heterocycles. The fourth-order valence-corrected chi connectivity index (χ4v) is 0.997. The minimum absolute atomic E-state index is 0.0122. The highest BCUT2D eigenvalue weighted by atomic mass is 16.1. The van der Waals surface area contributed by atoms with Crippen LogP contribution in [-0.2, 0) is 4.79 Å². The van der Waals surface area contributed by atoms with Crippen molar-refractivity contribution in [1.29, 1.82) is 0 Å². The topological polar surface area (TPSA) is 41.1 Å². The van der Waals surface area contributed by atoms with E-state index in [1.807, 2.05) is 0 Å². The average Bonchev–Trinajstić information content (AvgIpc) is 2.77. The molecule has 58 valence electrons. The molecular formula is C8H10N2O. The van der Waals surface area contributed by atoms with Gasteiger partial charge in [0, 0.05) is 11.8 Å². The summed E-state index contributed by atoms with van der Waals surface area (Å²) < 4.78 is 0. The standard InChI is InChI=1S/C8H10N2O/c1-5-4-9-7(6-2-3-6)10-8(5)11/h4,9H,2-3H2,1H3,(H,10,11). The van der Waals surface area contributed by atoms with Crippen LogP contribution in [0.2, 0.25) is 0 Å². The van der Waals surface area contributed by atoms with Crippen molar-refractivity contribution in [1.82, 2.24) is 10.6 Å². The maximum atomic E-state index is 11.1. The van der Waals surface area contributed by atoms with E-state index in [1.165, 1.54) is 5.57 Å². The highest BCUT2D eigenvalue weighted by Gasteiger charge is 2.21. The van der Waals surface area contributed by atoms with Crippen LogP contribution in [0.1, 0.15) is 19.8 Å². The largest absolute Gasteiger partial charge is 0.348 e. The van der Waals surface area contributed by atoms with Crippen molar-refractivity contribution in [3.63, 3.8) is 0 Å². The molecule has 0 unspecified atom stereocenters. The zero-order chi connectivity index (χ0) is 7.84. The summed E-state index contributed by atoms with van der Waals surface area (Å²) in [5.74, 6) is 0.916. The van der Waals surface area contributed by atoms with Crippen molar-refractivity contribution in [2.75, 3.05) is 0 Å². The Morgan fingerprint density at radius 1 is 1.45 bits per heavy atom. The molecule has 1 fully saturated rings. The van der Waals surface area contributed by atoms with Crippen molar-refractivity contribution >= 4 is 5.91 Å². The van der Waals surface area contributed by atoms with Gasteiger partial charge in [-0.3, -0.25) is 4.79 Å². The first-order valence-corrected chi connectivity index (χ1v) is 3.74. The molecule has 0 spiro atoms. The van der Waals surface area contributed by atoms with Gasteiger partial charge in [0.25, 0.3) is 5.91 Å². The lowest BCUT2D eigenvalue weighted by atomic mass is 10.2. The van der Waals surface area contributed by atoms with Gasteiger partial charge in [0.1, 0.15) is 5.82 Å². The molecule has 0 bridgehead atoms. The number of hydrogen-bond donors (Lipinski definition) is 2. The fourth-order valence-electron chi connectivity index (χ4n) is 0.997. The van der Waals surface area contributed by atoms with Crippen molar-refractivity contribution < 1.29 is 4.79 Å². The Labute approximate surface area is 65.2 Å². The van der Waals surface area contributed by atoms with Gasteiger partial charge in [-0.2, -0.15) is 0 Å². The van der Waals surface area contributed by atoms with E-state index in [2.05, 4.69) is 10.6 Å². The normalized spacial score (nSPS) is 22.3. The van der Waals surface area contributed by atoms with E-state index < -0.39 is 0 Å². The molecule has 1 saturated carbocycles. The molecule has 0 aromatic carbocycles. The average molecular weight is 150 g/mol. The number of carbonyl (C=O) groups is 1. The molecule has 3 heteroatoms. The molecule has 2 rings (SSSR count). The summed E-state index contributed by atoms with van der Waals surface area (Å²) in [6.07, 6.45) is 3.99. The molecule has 1 aliphatic heterocycles. The maximum absolute atomic E-state index is 11.1. The van der Waals surface area contributed by atoms with Crippen LogP contribution in [0.15, 0.2) is 23.2 Å². The molecule has 11 heavy (non-hydrogen) atoms. The van der Waals surface area contributed by atoms with E-state index in [1.54, 1.807) is 13.1 Å². The summed E-state index contributed by atoms with van der Waals surface area (Å²) in [6.45, 7) is 1.79. The zero-order valence-electron chi connectivity index (χ0n) is 6.40. The first kappa shape index (κ1) is 6.46. The Morgan fingerprint density at radius 3 is 2.73 bits per heavy atom. The highest BCUT2D eigenvalue weighted by molar-refractivity contribution is 5.95. The molecule has 0 aromatic rings. The molecule has 1 aliphatic carbocycles. The Hall–Kier alpha value is -1.25. The summed E-state index contributed by atoms with van der Waals surface area (Å²) in [4.78, 5) is 11.1.